The van der Waals surface area contributed by atoms with E-state index in [0.717, 1.165) is 0 Å². The number of carbonyl (C=O) groups is 9. The molecular formula is C39H60BFN6O14. The van der Waals surface area contributed by atoms with Gasteiger partial charge in [0.05, 0.1) is 25.5 Å². The van der Waals surface area contributed by atoms with Crippen LogP contribution in [0.4, 0.5) is 4.39 Å². The fourth-order valence-electron chi connectivity index (χ4n) is 5.97. The Morgan fingerprint density at radius 2 is 1.20 bits per heavy atom. The number of hydrogen-bond donors (Lipinski definition) is 11. The van der Waals surface area contributed by atoms with Gasteiger partial charge in [-0.25, -0.2) is 0 Å². The highest BCUT2D eigenvalue weighted by Crippen LogP contribution is 2.21. The summed E-state index contributed by atoms with van der Waals surface area (Å²) in [7, 11) is -2.02. The van der Waals surface area contributed by atoms with Crippen molar-refractivity contribution in [2.24, 2.45) is 11.3 Å². The van der Waals surface area contributed by atoms with Crippen LogP contribution in [0.15, 0.2) is 24.3 Å². The summed E-state index contributed by atoms with van der Waals surface area (Å²) in [6, 6.07) is -0.850. The fourth-order valence-corrected chi connectivity index (χ4v) is 5.97. The number of nitrogens with one attached hydrogen (secondary N) is 6. The van der Waals surface area contributed by atoms with E-state index in [4.69, 9.17) is 5.11 Å². The summed E-state index contributed by atoms with van der Waals surface area (Å²) in [6.07, 6.45) is -3.77. The van der Waals surface area contributed by atoms with E-state index < -0.39 is 141 Å². The van der Waals surface area contributed by atoms with Crippen LogP contribution in [-0.2, 0) is 49.6 Å². The quantitative estimate of drug-likeness (QED) is 0.0497. The van der Waals surface area contributed by atoms with Gasteiger partial charge in [-0.3, -0.25) is 47.5 Å². The number of halogens is 1. The third-order valence-electron chi connectivity index (χ3n) is 9.29. The van der Waals surface area contributed by atoms with Crippen LogP contribution in [0, 0.1) is 18.3 Å². The number of aryl methyl sites for hydroxylation is 1. The van der Waals surface area contributed by atoms with E-state index in [2.05, 4.69) is 31.9 Å². The molecule has 1 aromatic rings. The minimum absolute atomic E-state index is 0.0750. The van der Waals surface area contributed by atoms with Crippen molar-refractivity contribution in [1.29, 1.82) is 0 Å². The summed E-state index contributed by atoms with van der Waals surface area (Å²) in [4.78, 5) is 115. The van der Waals surface area contributed by atoms with Crippen molar-refractivity contribution in [2.75, 3.05) is 6.67 Å². The first-order valence-electron chi connectivity index (χ1n) is 19.8. The molecule has 1 aromatic carbocycles. The molecule has 6 amide bonds. The highest BCUT2D eigenvalue weighted by molar-refractivity contribution is 6.43. The van der Waals surface area contributed by atoms with Crippen molar-refractivity contribution < 1.29 is 72.9 Å². The number of hydrogen-bond acceptors (Lipinski definition) is 11. The number of aliphatic carboxylic acids is 3. The Hall–Kier alpha value is -5.64. The lowest BCUT2D eigenvalue weighted by Gasteiger charge is -2.34. The molecule has 1 rings (SSSR count). The molecule has 0 fully saturated rings. The summed E-state index contributed by atoms with van der Waals surface area (Å²) in [5.41, 5.74) is 0.219. The van der Waals surface area contributed by atoms with Gasteiger partial charge in [0.2, 0.25) is 35.4 Å². The van der Waals surface area contributed by atoms with Crippen molar-refractivity contribution in [2.45, 2.75) is 135 Å². The molecule has 0 heterocycles. The van der Waals surface area contributed by atoms with E-state index in [1.807, 2.05) is 0 Å². The van der Waals surface area contributed by atoms with Gasteiger partial charge >= 0.3 is 25.0 Å². The largest absolute Gasteiger partial charge is 0.481 e. The molecule has 11 N–H and O–H groups in total. The number of carboxylic acids is 3. The molecule has 0 saturated heterocycles. The second kappa shape index (κ2) is 25.9. The first kappa shape index (κ1) is 53.4. The van der Waals surface area contributed by atoms with Crippen LogP contribution in [0.3, 0.4) is 0 Å². The predicted molar refractivity (Wildman–Crippen MR) is 217 cm³/mol. The second-order valence-electron chi connectivity index (χ2n) is 16.2. The second-order valence-corrected chi connectivity index (χ2v) is 16.2. The smallest absolute Gasteiger partial charge is 0.475 e. The van der Waals surface area contributed by atoms with Gasteiger partial charge in [0.1, 0.15) is 30.2 Å². The first-order valence-corrected chi connectivity index (χ1v) is 19.8. The third-order valence-corrected chi connectivity index (χ3v) is 9.29. The van der Waals surface area contributed by atoms with Crippen molar-refractivity contribution in [1.82, 2.24) is 31.9 Å². The maximum atomic E-state index is 14.2. The normalized spacial score (nSPS) is 14.2. The molecule has 22 heteroatoms. The Morgan fingerprint density at radius 1 is 0.656 bits per heavy atom. The molecule has 0 aromatic heterocycles. The summed E-state index contributed by atoms with van der Waals surface area (Å²) >= 11 is 0. The first-order chi connectivity index (χ1) is 28.4. The Labute approximate surface area is 353 Å². The Morgan fingerprint density at radius 3 is 1.72 bits per heavy atom. The molecule has 340 valence electrons. The number of amides is 6. The van der Waals surface area contributed by atoms with E-state index in [0.29, 0.717) is 11.1 Å². The van der Waals surface area contributed by atoms with E-state index in [1.165, 1.54) is 0 Å². The number of alkyl halides is 1. The maximum Gasteiger partial charge on any atom is 0.475 e. The molecular weight excluding hydrogens is 806 g/mol. The lowest BCUT2D eigenvalue weighted by Crippen LogP contribution is -2.62. The van der Waals surface area contributed by atoms with Crippen LogP contribution in [0.25, 0.3) is 0 Å². The summed E-state index contributed by atoms with van der Waals surface area (Å²) < 4.78 is 12.9. The predicted octanol–water partition coefficient (Wildman–Crippen LogP) is -0.495. The van der Waals surface area contributed by atoms with Crippen LogP contribution in [0.5, 0.6) is 0 Å². The molecule has 20 nitrogen and oxygen atoms in total. The van der Waals surface area contributed by atoms with Gasteiger partial charge in [-0.15, -0.1) is 0 Å². The van der Waals surface area contributed by atoms with Crippen LogP contribution in [0.1, 0.15) is 97.1 Å². The van der Waals surface area contributed by atoms with Crippen molar-refractivity contribution >= 4 is 60.5 Å². The van der Waals surface area contributed by atoms with Gasteiger partial charge in [0.15, 0.2) is 0 Å². The van der Waals surface area contributed by atoms with Crippen LogP contribution in [-0.4, -0.2) is 129 Å². The van der Waals surface area contributed by atoms with Crippen LogP contribution in [0.2, 0.25) is 0 Å². The van der Waals surface area contributed by atoms with Gasteiger partial charge in [-0.05, 0) is 55.1 Å². The summed E-state index contributed by atoms with van der Waals surface area (Å²) in [5, 5.41) is 61.8. The molecule has 6 atom stereocenters. The lowest BCUT2D eigenvalue weighted by atomic mass is 9.76. The highest BCUT2D eigenvalue weighted by atomic mass is 19.1. The van der Waals surface area contributed by atoms with E-state index in [1.54, 1.807) is 65.8 Å². The Kier molecular flexibility index (Phi) is 22.6. The number of carboxylic acid groups (broad SMARTS) is 3. The summed E-state index contributed by atoms with van der Waals surface area (Å²) in [6.45, 7) is 9.35. The highest BCUT2D eigenvalue weighted by Gasteiger charge is 2.39. The number of carbonyl (C=O) groups excluding carboxylic acids is 6. The third kappa shape index (κ3) is 20.5. The molecule has 0 bridgehead atoms. The van der Waals surface area contributed by atoms with Gasteiger partial charge in [-0.2, -0.15) is 0 Å². The topological polar surface area (TPSA) is 327 Å². The molecule has 0 aliphatic heterocycles. The van der Waals surface area contributed by atoms with Gasteiger partial charge < -0.3 is 57.3 Å². The average Bonchev–Trinajstić information content (AvgIpc) is 3.14. The lowest BCUT2D eigenvalue weighted by molar-refractivity contribution is -0.142. The minimum atomic E-state index is -2.02. The molecule has 0 spiro atoms. The van der Waals surface area contributed by atoms with Crippen LogP contribution < -0.4 is 31.9 Å². The number of rotatable bonds is 27. The van der Waals surface area contributed by atoms with Crippen molar-refractivity contribution in [3.8, 4) is 0 Å². The standard InChI is InChI=1S/C39H60BFN6O14/c1-21(2)18-25(36(57)46-28(40(60)61)12-9-17-41)45-38(59)33(39(4,5)6)47-37(58)26(19-23-11-8-7-10-22(23)3)44-34(55)24(13-15-30(49)50)43-35(56)27(20-32(53)54)42-29(48)14-16-31(51)52/h7-8,10-11,21,24-28,33,60-61H,9,12-20H2,1-6H3,(H,42,48)(H,43,56)(H,44,55)(H,45,59)(H,46,57)(H,47,58)(H,49,50)(H,51,52)(H,53,54)/t24-,25-,26-,27-,28?,33+/m0/s1. The van der Waals surface area contributed by atoms with Crippen molar-refractivity contribution in [3.05, 3.63) is 35.4 Å². The Balaban J connectivity index is 3.55. The SMILES string of the molecule is Cc1ccccc1C[C@H](NC(=O)[C@H](CCC(=O)O)NC(=O)[C@H](CC(=O)O)NC(=O)CCC(=O)O)C(=O)N[C@H](C(=O)N[C@@H](CC(C)C)C(=O)NC(CCCF)B(O)O)C(C)(C)C. The van der Waals surface area contributed by atoms with E-state index in [9.17, 15) is 67.8 Å². The average molecular weight is 867 g/mol. The zero-order valence-electron chi connectivity index (χ0n) is 35.3. The molecule has 61 heavy (non-hydrogen) atoms. The van der Waals surface area contributed by atoms with E-state index in [-0.39, 0.29) is 31.6 Å². The molecule has 0 radical (unpaired) electrons. The van der Waals surface area contributed by atoms with E-state index >= 15 is 0 Å². The monoisotopic (exact) mass is 866 g/mol. The van der Waals surface area contributed by atoms with Gasteiger partial charge in [0, 0.05) is 19.3 Å². The number of benzene rings is 1. The molecule has 0 saturated carbocycles. The molecule has 0 aliphatic rings. The van der Waals surface area contributed by atoms with Gasteiger partial charge in [-0.1, -0.05) is 58.9 Å². The molecule has 0 aliphatic carbocycles. The summed E-state index contributed by atoms with van der Waals surface area (Å²) in [5.74, 6) is -11.5. The zero-order valence-corrected chi connectivity index (χ0v) is 35.3. The molecule has 1 unspecified atom stereocenters. The Bertz CT molecular complexity index is 1710. The maximum absolute atomic E-state index is 14.2. The van der Waals surface area contributed by atoms with Gasteiger partial charge in [0.25, 0.3) is 0 Å². The minimum Gasteiger partial charge on any atom is -0.481 e. The fraction of sp³-hybridized carbons (Fsp3) is 0.615. The zero-order chi connectivity index (χ0) is 46.6. The van der Waals surface area contributed by atoms with Crippen molar-refractivity contribution in [3.63, 3.8) is 0 Å². The van der Waals surface area contributed by atoms with Crippen LogP contribution >= 0.6 is 0 Å².